The lowest BCUT2D eigenvalue weighted by atomic mass is 10.2. The third-order valence-electron chi connectivity index (χ3n) is 3.84. The Kier molecular flexibility index (Phi) is 6.17. The molecule has 118 valence electrons. The SMILES string of the molecule is O=S(=O)(c1ccccc1)N1CCN(CCCCCO)CC1. The first-order valence-electron chi connectivity index (χ1n) is 7.53. The molecule has 6 heteroatoms. The molecule has 1 N–H and O–H groups in total. The minimum atomic E-state index is -3.34. The molecule has 0 radical (unpaired) electrons. The molecule has 0 aromatic heterocycles. The van der Waals surface area contributed by atoms with Gasteiger partial charge in [-0.05, 0) is 37.9 Å². The molecule has 0 unspecified atom stereocenters. The summed E-state index contributed by atoms with van der Waals surface area (Å²) in [6, 6.07) is 8.63. The summed E-state index contributed by atoms with van der Waals surface area (Å²) in [5, 5.41) is 8.75. The number of hydrogen-bond donors (Lipinski definition) is 1. The zero-order chi connectivity index (χ0) is 15.1. The molecule has 1 fully saturated rings. The van der Waals surface area contributed by atoms with Crippen LogP contribution in [0.2, 0.25) is 0 Å². The van der Waals surface area contributed by atoms with Gasteiger partial charge in [0.2, 0.25) is 10.0 Å². The molecule has 1 aromatic rings. The monoisotopic (exact) mass is 312 g/mol. The van der Waals surface area contributed by atoms with Gasteiger partial charge in [0.1, 0.15) is 0 Å². The van der Waals surface area contributed by atoms with E-state index in [1.54, 1.807) is 28.6 Å². The molecule has 1 aromatic carbocycles. The zero-order valence-corrected chi connectivity index (χ0v) is 13.1. The van der Waals surface area contributed by atoms with Crippen LogP contribution in [0.15, 0.2) is 35.2 Å². The smallest absolute Gasteiger partial charge is 0.243 e. The standard InChI is InChI=1S/C15H24N2O3S/c18-14-6-2-5-9-16-10-12-17(13-11-16)21(19,20)15-7-3-1-4-8-15/h1,3-4,7-8,18H,2,5-6,9-14H2. The maximum Gasteiger partial charge on any atom is 0.243 e. The molecule has 1 aliphatic heterocycles. The van der Waals surface area contributed by atoms with Gasteiger partial charge in [-0.25, -0.2) is 8.42 Å². The molecule has 5 nitrogen and oxygen atoms in total. The average Bonchev–Trinajstić information content (AvgIpc) is 2.53. The van der Waals surface area contributed by atoms with Crippen LogP contribution in [0.3, 0.4) is 0 Å². The molecule has 0 saturated carbocycles. The average molecular weight is 312 g/mol. The quantitative estimate of drug-likeness (QED) is 0.768. The van der Waals surface area contributed by atoms with E-state index in [2.05, 4.69) is 4.90 Å². The fraction of sp³-hybridized carbons (Fsp3) is 0.600. The Labute approximate surface area is 127 Å². The molecule has 1 heterocycles. The van der Waals surface area contributed by atoms with Crippen molar-refractivity contribution in [2.45, 2.75) is 24.2 Å². The van der Waals surface area contributed by atoms with E-state index in [1.807, 2.05) is 6.07 Å². The second-order valence-corrected chi connectivity index (χ2v) is 7.28. The fourth-order valence-corrected chi connectivity index (χ4v) is 4.00. The minimum absolute atomic E-state index is 0.253. The van der Waals surface area contributed by atoms with Crippen molar-refractivity contribution in [1.29, 1.82) is 0 Å². The summed E-state index contributed by atoms with van der Waals surface area (Å²) in [6.07, 6.45) is 2.94. The molecule has 0 atom stereocenters. The Hall–Kier alpha value is -0.950. The lowest BCUT2D eigenvalue weighted by Gasteiger charge is -2.34. The molecule has 21 heavy (non-hydrogen) atoms. The van der Waals surface area contributed by atoms with E-state index in [9.17, 15) is 8.42 Å². The molecular formula is C15H24N2O3S. The van der Waals surface area contributed by atoms with E-state index in [0.717, 1.165) is 38.9 Å². The van der Waals surface area contributed by atoms with Crippen molar-refractivity contribution in [3.05, 3.63) is 30.3 Å². The van der Waals surface area contributed by atoms with Crippen LogP contribution in [0, 0.1) is 0 Å². The highest BCUT2D eigenvalue weighted by atomic mass is 32.2. The first-order valence-corrected chi connectivity index (χ1v) is 8.97. The fourth-order valence-electron chi connectivity index (χ4n) is 2.56. The molecule has 0 amide bonds. The van der Waals surface area contributed by atoms with Gasteiger partial charge < -0.3 is 10.0 Å². The van der Waals surface area contributed by atoms with Crippen LogP contribution in [0.1, 0.15) is 19.3 Å². The summed E-state index contributed by atoms with van der Waals surface area (Å²) in [5.74, 6) is 0. The minimum Gasteiger partial charge on any atom is -0.396 e. The summed E-state index contributed by atoms with van der Waals surface area (Å²) in [5.41, 5.74) is 0. The van der Waals surface area contributed by atoms with Gasteiger partial charge >= 0.3 is 0 Å². The van der Waals surface area contributed by atoms with E-state index in [4.69, 9.17) is 5.11 Å². The number of piperazine rings is 1. The van der Waals surface area contributed by atoms with E-state index in [1.165, 1.54) is 0 Å². The van der Waals surface area contributed by atoms with Crippen molar-refractivity contribution in [2.24, 2.45) is 0 Å². The number of sulfonamides is 1. The van der Waals surface area contributed by atoms with Crippen molar-refractivity contribution < 1.29 is 13.5 Å². The number of hydrogen-bond acceptors (Lipinski definition) is 4. The summed E-state index contributed by atoms with van der Waals surface area (Å²) in [7, 11) is -3.34. The maximum atomic E-state index is 12.5. The van der Waals surface area contributed by atoms with Gasteiger partial charge in [0.15, 0.2) is 0 Å². The molecule has 2 rings (SSSR count). The summed E-state index contributed by atoms with van der Waals surface area (Å²) in [6.45, 7) is 3.91. The number of aliphatic hydroxyl groups excluding tert-OH is 1. The Morgan fingerprint density at radius 2 is 1.62 bits per heavy atom. The first-order chi connectivity index (χ1) is 10.1. The van der Waals surface area contributed by atoms with Crippen LogP contribution in [-0.2, 0) is 10.0 Å². The molecule has 0 aliphatic carbocycles. The molecule has 1 saturated heterocycles. The highest BCUT2D eigenvalue weighted by Gasteiger charge is 2.27. The number of aliphatic hydroxyl groups is 1. The summed E-state index contributed by atoms with van der Waals surface area (Å²) < 4.78 is 26.5. The van der Waals surface area contributed by atoms with E-state index < -0.39 is 10.0 Å². The predicted octanol–water partition coefficient (Wildman–Crippen LogP) is 1.16. The summed E-state index contributed by atoms with van der Waals surface area (Å²) >= 11 is 0. The summed E-state index contributed by atoms with van der Waals surface area (Å²) in [4.78, 5) is 2.68. The van der Waals surface area contributed by atoms with Gasteiger partial charge in [-0.15, -0.1) is 0 Å². The largest absolute Gasteiger partial charge is 0.396 e. The molecular weight excluding hydrogens is 288 g/mol. The van der Waals surface area contributed by atoms with Crippen LogP contribution in [0.25, 0.3) is 0 Å². The topological polar surface area (TPSA) is 60.9 Å². The highest BCUT2D eigenvalue weighted by molar-refractivity contribution is 7.89. The van der Waals surface area contributed by atoms with Crippen molar-refractivity contribution >= 4 is 10.0 Å². The number of unbranched alkanes of at least 4 members (excludes halogenated alkanes) is 2. The van der Waals surface area contributed by atoms with Gasteiger partial charge in [0, 0.05) is 32.8 Å². The van der Waals surface area contributed by atoms with Gasteiger partial charge in [0.25, 0.3) is 0 Å². The van der Waals surface area contributed by atoms with E-state index in [0.29, 0.717) is 18.0 Å². The van der Waals surface area contributed by atoms with Crippen molar-refractivity contribution in [2.75, 3.05) is 39.3 Å². The van der Waals surface area contributed by atoms with E-state index >= 15 is 0 Å². The van der Waals surface area contributed by atoms with Gasteiger partial charge in [0.05, 0.1) is 4.90 Å². The predicted molar refractivity (Wildman–Crippen MR) is 82.6 cm³/mol. The maximum absolute atomic E-state index is 12.5. The number of rotatable bonds is 7. The third kappa shape index (κ3) is 4.51. The Morgan fingerprint density at radius 3 is 2.24 bits per heavy atom. The van der Waals surface area contributed by atoms with Crippen LogP contribution in [-0.4, -0.2) is 62.1 Å². The molecule has 1 aliphatic rings. The van der Waals surface area contributed by atoms with Crippen LogP contribution >= 0.6 is 0 Å². The Bertz CT molecular complexity index is 511. The van der Waals surface area contributed by atoms with Crippen LogP contribution in [0.4, 0.5) is 0 Å². The van der Waals surface area contributed by atoms with E-state index in [-0.39, 0.29) is 6.61 Å². The van der Waals surface area contributed by atoms with Crippen molar-refractivity contribution in [1.82, 2.24) is 9.21 Å². The number of nitrogens with zero attached hydrogens (tertiary/aromatic N) is 2. The van der Waals surface area contributed by atoms with Crippen molar-refractivity contribution in [3.8, 4) is 0 Å². The van der Waals surface area contributed by atoms with Crippen LogP contribution < -0.4 is 0 Å². The lowest BCUT2D eigenvalue weighted by molar-refractivity contribution is 0.183. The van der Waals surface area contributed by atoms with Gasteiger partial charge in [-0.1, -0.05) is 18.2 Å². The lowest BCUT2D eigenvalue weighted by Crippen LogP contribution is -2.48. The first kappa shape index (κ1) is 16.4. The number of benzene rings is 1. The molecule has 0 bridgehead atoms. The Balaban J connectivity index is 1.83. The Morgan fingerprint density at radius 1 is 0.952 bits per heavy atom. The third-order valence-corrected chi connectivity index (χ3v) is 5.76. The highest BCUT2D eigenvalue weighted by Crippen LogP contribution is 2.17. The van der Waals surface area contributed by atoms with Crippen molar-refractivity contribution in [3.63, 3.8) is 0 Å². The normalized spacial score (nSPS) is 18.0. The molecule has 0 spiro atoms. The second kappa shape index (κ2) is 7.89. The van der Waals surface area contributed by atoms with Crippen LogP contribution in [0.5, 0.6) is 0 Å². The second-order valence-electron chi connectivity index (χ2n) is 5.34. The van der Waals surface area contributed by atoms with Gasteiger partial charge in [-0.2, -0.15) is 4.31 Å². The van der Waals surface area contributed by atoms with Gasteiger partial charge in [-0.3, -0.25) is 0 Å². The zero-order valence-electron chi connectivity index (χ0n) is 12.3.